The Balaban J connectivity index is 1.53. The van der Waals surface area contributed by atoms with Gasteiger partial charge in [0.2, 0.25) is 15.9 Å². The molecule has 7 nitrogen and oxygen atoms in total. The van der Waals surface area contributed by atoms with Crippen LogP contribution in [0.4, 0.5) is 0 Å². The highest BCUT2D eigenvalue weighted by Gasteiger charge is 2.35. The summed E-state index contributed by atoms with van der Waals surface area (Å²) in [4.78, 5) is 13.7. The summed E-state index contributed by atoms with van der Waals surface area (Å²) in [6, 6.07) is 4.05. The minimum atomic E-state index is -3.63. The topological polar surface area (TPSA) is 92.5 Å². The molecule has 1 fully saturated rings. The van der Waals surface area contributed by atoms with Crippen LogP contribution in [-0.4, -0.2) is 43.4 Å². The number of piperidine rings is 1. The molecule has 1 aliphatic heterocycles. The van der Waals surface area contributed by atoms with Crippen LogP contribution in [0.1, 0.15) is 29.2 Å². The standard InChI is InChI=1S/C17H23N3O4S2/c1-12-16(13(2)24-19-12)26(22,23)20-9-6-14(7-10-20)17(21)18-8-5-15-4-3-11-25-15/h3-4,11,14H,5-10H2,1-2H3,(H,18,21). The Labute approximate surface area is 157 Å². The van der Waals surface area contributed by atoms with Gasteiger partial charge in [0.05, 0.1) is 0 Å². The predicted molar refractivity (Wildman–Crippen MR) is 98.5 cm³/mol. The lowest BCUT2D eigenvalue weighted by Crippen LogP contribution is -2.43. The van der Waals surface area contributed by atoms with Gasteiger partial charge in [0, 0.05) is 30.4 Å². The van der Waals surface area contributed by atoms with E-state index in [1.165, 1.54) is 9.18 Å². The van der Waals surface area contributed by atoms with Crippen LogP contribution in [0, 0.1) is 19.8 Å². The van der Waals surface area contributed by atoms with Crippen LogP contribution in [0.2, 0.25) is 0 Å². The van der Waals surface area contributed by atoms with Gasteiger partial charge in [-0.3, -0.25) is 4.79 Å². The van der Waals surface area contributed by atoms with E-state index in [4.69, 9.17) is 4.52 Å². The molecule has 1 N–H and O–H groups in total. The Morgan fingerprint density at radius 3 is 2.69 bits per heavy atom. The average Bonchev–Trinajstić information content (AvgIpc) is 3.25. The number of hydrogen-bond donors (Lipinski definition) is 1. The third-order valence-corrected chi connectivity index (χ3v) is 7.72. The summed E-state index contributed by atoms with van der Waals surface area (Å²) in [7, 11) is -3.63. The van der Waals surface area contributed by atoms with Crippen LogP contribution in [0.3, 0.4) is 0 Å². The molecule has 0 atom stereocenters. The minimum absolute atomic E-state index is 0.0101. The van der Waals surface area contributed by atoms with Crippen molar-refractivity contribution >= 4 is 27.3 Å². The number of carbonyl (C=O) groups is 1. The Hall–Kier alpha value is -1.71. The second-order valence-electron chi connectivity index (χ2n) is 6.45. The lowest BCUT2D eigenvalue weighted by Gasteiger charge is -2.30. The highest BCUT2D eigenvalue weighted by molar-refractivity contribution is 7.89. The van der Waals surface area contributed by atoms with E-state index in [1.54, 1.807) is 25.2 Å². The number of rotatable bonds is 6. The van der Waals surface area contributed by atoms with Crippen molar-refractivity contribution in [2.75, 3.05) is 19.6 Å². The molecule has 0 bridgehead atoms. The lowest BCUT2D eigenvalue weighted by atomic mass is 9.97. The molecule has 0 radical (unpaired) electrons. The zero-order valence-corrected chi connectivity index (χ0v) is 16.5. The molecule has 3 rings (SSSR count). The highest BCUT2D eigenvalue weighted by Crippen LogP contribution is 2.27. The van der Waals surface area contributed by atoms with Crippen LogP contribution in [-0.2, 0) is 21.2 Å². The van der Waals surface area contributed by atoms with E-state index in [0.717, 1.165) is 6.42 Å². The Bertz CT molecular complexity index is 831. The third-order valence-electron chi connectivity index (χ3n) is 4.64. The summed E-state index contributed by atoms with van der Waals surface area (Å²) in [5.41, 5.74) is 0.371. The first-order chi connectivity index (χ1) is 12.4. The summed E-state index contributed by atoms with van der Waals surface area (Å²) in [6.07, 6.45) is 1.86. The van der Waals surface area contributed by atoms with Gasteiger partial charge in [-0.05, 0) is 44.6 Å². The second kappa shape index (κ2) is 7.89. The van der Waals surface area contributed by atoms with Gasteiger partial charge in [-0.15, -0.1) is 11.3 Å². The largest absolute Gasteiger partial charge is 0.360 e. The second-order valence-corrected chi connectivity index (χ2v) is 9.36. The van der Waals surface area contributed by atoms with Crippen molar-refractivity contribution in [3.63, 3.8) is 0 Å². The van der Waals surface area contributed by atoms with Gasteiger partial charge >= 0.3 is 0 Å². The average molecular weight is 398 g/mol. The number of sulfonamides is 1. The number of nitrogens with one attached hydrogen (secondary N) is 1. The molecular weight excluding hydrogens is 374 g/mol. The number of aryl methyl sites for hydroxylation is 2. The summed E-state index contributed by atoms with van der Waals surface area (Å²) >= 11 is 1.68. The molecule has 0 spiro atoms. The van der Waals surface area contributed by atoms with Gasteiger partial charge in [0.15, 0.2) is 5.76 Å². The number of aromatic nitrogens is 1. The zero-order valence-electron chi connectivity index (χ0n) is 14.9. The summed E-state index contributed by atoms with van der Waals surface area (Å²) < 4.78 is 32.0. The molecule has 0 aromatic carbocycles. The van der Waals surface area contributed by atoms with E-state index < -0.39 is 10.0 Å². The molecule has 1 aliphatic rings. The number of amides is 1. The number of hydrogen-bond acceptors (Lipinski definition) is 6. The monoisotopic (exact) mass is 397 g/mol. The number of thiophene rings is 1. The molecular formula is C17H23N3O4S2. The normalized spacial score (nSPS) is 16.7. The first kappa shape index (κ1) is 19.1. The van der Waals surface area contributed by atoms with E-state index in [2.05, 4.69) is 16.5 Å². The van der Waals surface area contributed by atoms with E-state index in [0.29, 0.717) is 43.9 Å². The third kappa shape index (κ3) is 3.99. The molecule has 0 saturated carbocycles. The van der Waals surface area contributed by atoms with Gasteiger partial charge in [0.1, 0.15) is 10.6 Å². The highest BCUT2D eigenvalue weighted by atomic mass is 32.2. The van der Waals surface area contributed by atoms with Crippen molar-refractivity contribution in [3.8, 4) is 0 Å². The van der Waals surface area contributed by atoms with Crippen molar-refractivity contribution < 1.29 is 17.7 Å². The van der Waals surface area contributed by atoms with Crippen LogP contribution in [0.15, 0.2) is 26.9 Å². The van der Waals surface area contributed by atoms with Crippen molar-refractivity contribution in [2.24, 2.45) is 5.92 Å². The molecule has 9 heteroatoms. The van der Waals surface area contributed by atoms with Crippen molar-refractivity contribution in [1.29, 1.82) is 0 Å². The van der Waals surface area contributed by atoms with Gasteiger partial charge in [-0.25, -0.2) is 8.42 Å². The maximum atomic E-state index is 12.8. The molecule has 1 amide bonds. The summed E-state index contributed by atoms with van der Waals surface area (Å²) in [5, 5.41) is 8.72. The van der Waals surface area contributed by atoms with Gasteiger partial charge in [-0.2, -0.15) is 4.31 Å². The molecule has 0 aliphatic carbocycles. The Morgan fingerprint density at radius 1 is 1.38 bits per heavy atom. The first-order valence-electron chi connectivity index (χ1n) is 8.62. The SMILES string of the molecule is Cc1noc(C)c1S(=O)(=O)N1CCC(C(=O)NCCc2cccs2)CC1. The molecule has 2 aromatic rings. The van der Waals surface area contributed by atoms with Gasteiger partial charge in [0.25, 0.3) is 0 Å². The van der Waals surface area contributed by atoms with Crippen LogP contribution in [0.25, 0.3) is 0 Å². The van der Waals surface area contributed by atoms with E-state index in [1.807, 2.05) is 11.4 Å². The lowest BCUT2D eigenvalue weighted by molar-refractivity contribution is -0.126. The number of nitrogens with zero attached hydrogens (tertiary/aromatic N) is 2. The molecule has 1 saturated heterocycles. The van der Waals surface area contributed by atoms with Gasteiger partial charge in [-0.1, -0.05) is 11.2 Å². The fourth-order valence-electron chi connectivity index (χ4n) is 3.24. The van der Waals surface area contributed by atoms with Crippen LogP contribution >= 0.6 is 11.3 Å². The number of carbonyl (C=O) groups excluding carboxylic acids is 1. The Kier molecular flexibility index (Phi) is 5.79. The van der Waals surface area contributed by atoms with E-state index >= 15 is 0 Å². The van der Waals surface area contributed by atoms with E-state index in [9.17, 15) is 13.2 Å². The van der Waals surface area contributed by atoms with Crippen molar-refractivity contribution in [3.05, 3.63) is 33.8 Å². The minimum Gasteiger partial charge on any atom is -0.360 e. The molecule has 26 heavy (non-hydrogen) atoms. The summed E-state index contributed by atoms with van der Waals surface area (Å²) in [5.74, 6) is 0.168. The fraction of sp³-hybridized carbons (Fsp3) is 0.529. The smallest absolute Gasteiger partial charge is 0.248 e. The fourth-order valence-corrected chi connectivity index (χ4v) is 5.71. The quantitative estimate of drug-likeness (QED) is 0.806. The first-order valence-corrected chi connectivity index (χ1v) is 10.9. The van der Waals surface area contributed by atoms with Gasteiger partial charge < -0.3 is 9.84 Å². The maximum Gasteiger partial charge on any atom is 0.248 e. The van der Waals surface area contributed by atoms with Crippen LogP contribution in [0.5, 0.6) is 0 Å². The maximum absolute atomic E-state index is 12.8. The van der Waals surface area contributed by atoms with Crippen molar-refractivity contribution in [2.45, 2.75) is 38.0 Å². The molecule has 3 heterocycles. The van der Waals surface area contributed by atoms with Crippen molar-refractivity contribution in [1.82, 2.24) is 14.8 Å². The molecule has 2 aromatic heterocycles. The van der Waals surface area contributed by atoms with E-state index in [-0.39, 0.29) is 16.7 Å². The molecule has 0 unspecified atom stereocenters. The molecule has 142 valence electrons. The zero-order chi connectivity index (χ0) is 18.7. The Morgan fingerprint density at radius 2 is 2.12 bits per heavy atom. The summed E-state index contributed by atoms with van der Waals surface area (Å²) in [6.45, 7) is 4.49. The predicted octanol–water partition coefficient (Wildman–Crippen LogP) is 2.11. The van der Waals surface area contributed by atoms with Crippen LogP contribution < -0.4 is 5.32 Å².